The quantitative estimate of drug-likeness (QED) is 0.463. The Labute approximate surface area is 175 Å². The van der Waals surface area contributed by atoms with E-state index in [1.165, 1.54) is 11.3 Å². The van der Waals surface area contributed by atoms with Gasteiger partial charge < -0.3 is 9.15 Å². The average Bonchev–Trinajstić information content (AvgIpc) is 3.47. The minimum atomic E-state index is -0.730. The molecule has 0 aliphatic carbocycles. The molecule has 0 unspecified atom stereocenters. The number of carbonyl (C=O) groups is 1. The van der Waals surface area contributed by atoms with Gasteiger partial charge >= 0.3 is 5.97 Å². The van der Waals surface area contributed by atoms with Crippen LogP contribution in [0.3, 0.4) is 0 Å². The number of esters is 1. The number of aryl methyl sites for hydroxylation is 2. The van der Waals surface area contributed by atoms with Crippen molar-refractivity contribution in [1.29, 1.82) is 0 Å². The molecule has 3 aromatic heterocycles. The molecule has 1 atom stereocenters. The summed E-state index contributed by atoms with van der Waals surface area (Å²) in [4.78, 5) is 31.2. The van der Waals surface area contributed by atoms with Gasteiger partial charge in [0.05, 0.1) is 5.39 Å². The summed E-state index contributed by atoms with van der Waals surface area (Å²) in [6.07, 6.45) is 0.964. The Morgan fingerprint density at radius 3 is 2.87 bits per heavy atom. The molecular formula is C21H18N4O4S. The predicted molar refractivity (Wildman–Crippen MR) is 111 cm³/mol. The first-order valence-electron chi connectivity index (χ1n) is 9.65. The molecule has 0 saturated carbocycles. The molecule has 8 nitrogen and oxygen atoms in total. The smallest absolute Gasteiger partial charge is 0.349 e. The number of hydrogen-bond donors (Lipinski definition) is 0. The topological polar surface area (TPSA) is 100 Å². The minimum Gasteiger partial charge on any atom is -0.448 e. The summed E-state index contributed by atoms with van der Waals surface area (Å²) in [6.45, 7) is 4.10. The monoisotopic (exact) mass is 422 g/mol. The number of rotatable bonds is 4. The van der Waals surface area contributed by atoms with E-state index >= 15 is 0 Å². The van der Waals surface area contributed by atoms with Gasteiger partial charge in [0.15, 0.2) is 6.10 Å². The van der Waals surface area contributed by atoms with Gasteiger partial charge in [-0.1, -0.05) is 18.2 Å². The summed E-state index contributed by atoms with van der Waals surface area (Å²) in [5.74, 6) is 0.810. The Kier molecular flexibility index (Phi) is 4.47. The van der Waals surface area contributed by atoms with E-state index in [0.29, 0.717) is 33.1 Å². The van der Waals surface area contributed by atoms with Crippen LogP contribution < -0.4 is 5.56 Å². The van der Waals surface area contributed by atoms with Gasteiger partial charge in [0, 0.05) is 18.5 Å². The lowest BCUT2D eigenvalue weighted by Crippen LogP contribution is -2.20. The second-order valence-electron chi connectivity index (χ2n) is 7.18. The van der Waals surface area contributed by atoms with E-state index in [1.807, 2.05) is 30.3 Å². The fourth-order valence-electron chi connectivity index (χ4n) is 3.63. The number of benzene rings is 1. The van der Waals surface area contributed by atoms with E-state index in [2.05, 4.69) is 15.2 Å². The summed E-state index contributed by atoms with van der Waals surface area (Å²) in [5, 5.41) is 8.53. The molecule has 4 aromatic rings. The summed E-state index contributed by atoms with van der Waals surface area (Å²) < 4.78 is 12.9. The molecular weight excluding hydrogens is 404 g/mol. The molecule has 30 heavy (non-hydrogen) atoms. The lowest BCUT2D eigenvalue weighted by Gasteiger charge is -2.08. The van der Waals surface area contributed by atoms with E-state index in [1.54, 1.807) is 18.4 Å². The zero-order chi connectivity index (χ0) is 20.8. The third kappa shape index (κ3) is 3.02. The summed E-state index contributed by atoms with van der Waals surface area (Å²) >= 11 is 1.19. The maximum atomic E-state index is 12.8. The highest BCUT2D eigenvalue weighted by Crippen LogP contribution is 2.31. The van der Waals surface area contributed by atoms with Crippen molar-refractivity contribution in [1.82, 2.24) is 19.7 Å². The Balaban J connectivity index is 1.41. The second-order valence-corrected chi connectivity index (χ2v) is 8.18. The van der Waals surface area contributed by atoms with Gasteiger partial charge in [-0.15, -0.1) is 21.5 Å². The van der Waals surface area contributed by atoms with E-state index in [-0.39, 0.29) is 11.4 Å². The van der Waals surface area contributed by atoms with Crippen LogP contribution in [0.5, 0.6) is 0 Å². The summed E-state index contributed by atoms with van der Waals surface area (Å²) in [7, 11) is 0. The maximum Gasteiger partial charge on any atom is 0.349 e. The number of thiophene rings is 1. The number of hydrogen-bond acceptors (Lipinski definition) is 8. The molecule has 0 bridgehead atoms. The SMILES string of the molecule is Cc1c(C(=O)O[C@H](C)c2nnc(-c3ccccc3)o2)sc2nc3n(c(=O)c12)CCC3. The molecule has 0 fully saturated rings. The molecule has 152 valence electrons. The van der Waals surface area contributed by atoms with Crippen molar-refractivity contribution >= 4 is 27.5 Å². The Bertz CT molecular complexity index is 1320. The molecule has 0 amide bonds. The van der Waals surface area contributed by atoms with Gasteiger partial charge in [0.1, 0.15) is 15.5 Å². The van der Waals surface area contributed by atoms with Gasteiger partial charge in [-0.3, -0.25) is 9.36 Å². The first-order chi connectivity index (χ1) is 14.5. The van der Waals surface area contributed by atoms with Crippen LogP contribution in [0.1, 0.15) is 46.4 Å². The summed E-state index contributed by atoms with van der Waals surface area (Å²) in [6, 6.07) is 9.36. The third-order valence-corrected chi connectivity index (χ3v) is 6.36. The second kappa shape index (κ2) is 7.17. The van der Waals surface area contributed by atoms with Crippen LogP contribution in [0, 0.1) is 6.92 Å². The number of nitrogens with zero attached hydrogens (tertiary/aromatic N) is 4. The van der Waals surface area contributed by atoms with E-state index in [4.69, 9.17) is 9.15 Å². The average molecular weight is 422 g/mol. The van der Waals surface area contributed by atoms with Crippen molar-refractivity contribution in [3.63, 3.8) is 0 Å². The van der Waals surface area contributed by atoms with Crippen molar-refractivity contribution in [2.45, 2.75) is 39.3 Å². The molecule has 0 radical (unpaired) electrons. The summed E-state index contributed by atoms with van der Waals surface area (Å²) in [5.41, 5.74) is 1.30. The minimum absolute atomic E-state index is 0.0854. The van der Waals surface area contributed by atoms with Gasteiger partial charge in [-0.25, -0.2) is 9.78 Å². The highest BCUT2D eigenvalue weighted by molar-refractivity contribution is 7.20. The number of ether oxygens (including phenoxy) is 1. The Hall–Kier alpha value is -3.33. The van der Waals surface area contributed by atoms with Crippen LogP contribution in [0.2, 0.25) is 0 Å². The molecule has 5 rings (SSSR count). The zero-order valence-electron chi connectivity index (χ0n) is 16.4. The molecule has 9 heteroatoms. The first kappa shape index (κ1) is 18.7. The normalized spacial score (nSPS) is 14.1. The van der Waals surface area contributed by atoms with Gasteiger partial charge in [0.2, 0.25) is 5.89 Å². The highest BCUT2D eigenvalue weighted by atomic mass is 32.1. The molecule has 1 aliphatic heterocycles. The van der Waals surface area contributed by atoms with E-state index in [0.717, 1.165) is 24.2 Å². The fourth-order valence-corrected chi connectivity index (χ4v) is 4.70. The predicted octanol–water partition coefficient (Wildman–Crippen LogP) is 3.68. The van der Waals surface area contributed by atoms with Crippen LogP contribution in [-0.2, 0) is 17.7 Å². The lowest BCUT2D eigenvalue weighted by atomic mass is 10.2. The maximum absolute atomic E-state index is 12.8. The Morgan fingerprint density at radius 1 is 1.27 bits per heavy atom. The number of fused-ring (bicyclic) bond motifs is 2. The molecule has 0 spiro atoms. The molecule has 1 aromatic carbocycles. The van der Waals surface area contributed by atoms with E-state index in [9.17, 15) is 9.59 Å². The Morgan fingerprint density at radius 2 is 2.07 bits per heavy atom. The lowest BCUT2D eigenvalue weighted by molar-refractivity contribution is 0.0285. The fraction of sp³-hybridized carbons (Fsp3) is 0.286. The van der Waals surface area contributed by atoms with E-state index < -0.39 is 12.1 Å². The van der Waals surface area contributed by atoms with Gasteiger partial charge in [-0.05, 0) is 38.0 Å². The molecule has 0 saturated heterocycles. The van der Waals surface area contributed by atoms with Gasteiger partial charge in [0.25, 0.3) is 11.4 Å². The molecule has 1 aliphatic rings. The van der Waals surface area contributed by atoms with Crippen LogP contribution in [0.4, 0.5) is 0 Å². The third-order valence-electron chi connectivity index (χ3n) is 5.19. The number of aromatic nitrogens is 4. The highest BCUT2D eigenvalue weighted by Gasteiger charge is 2.26. The van der Waals surface area contributed by atoms with Crippen molar-refractivity contribution in [3.8, 4) is 11.5 Å². The van der Waals surface area contributed by atoms with Crippen molar-refractivity contribution in [2.24, 2.45) is 0 Å². The van der Waals surface area contributed by atoms with Crippen molar-refractivity contribution in [2.75, 3.05) is 0 Å². The van der Waals surface area contributed by atoms with Gasteiger partial charge in [-0.2, -0.15) is 0 Å². The van der Waals surface area contributed by atoms with Crippen LogP contribution in [0.25, 0.3) is 21.7 Å². The van der Waals surface area contributed by atoms with Crippen LogP contribution >= 0.6 is 11.3 Å². The number of carbonyl (C=O) groups excluding carboxylic acids is 1. The largest absolute Gasteiger partial charge is 0.448 e. The zero-order valence-corrected chi connectivity index (χ0v) is 17.2. The van der Waals surface area contributed by atoms with Crippen molar-refractivity contribution < 1.29 is 13.9 Å². The van der Waals surface area contributed by atoms with Crippen LogP contribution in [0.15, 0.2) is 39.5 Å². The van der Waals surface area contributed by atoms with Crippen LogP contribution in [-0.4, -0.2) is 25.7 Å². The molecule has 4 heterocycles. The molecule has 0 N–H and O–H groups in total. The van der Waals surface area contributed by atoms with Crippen molar-refractivity contribution in [3.05, 3.63) is 62.8 Å². The standard InChI is InChI=1S/C21H18N4O4S/c1-11-15-19(22-14-9-6-10-25(14)20(15)26)30-16(11)21(27)28-12(2)17-23-24-18(29-17)13-7-4-3-5-8-13/h3-5,7-8,12H,6,9-10H2,1-2H3/t12-/m1/s1. The first-order valence-corrected chi connectivity index (χ1v) is 10.5.